The predicted octanol–water partition coefficient (Wildman–Crippen LogP) is 1.48. The topological polar surface area (TPSA) is 46.2 Å². The molecule has 1 aliphatic carbocycles. The number of rotatable bonds is 2. The Morgan fingerprint density at radius 3 is 2.79 bits per heavy atom. The lowest BCUT2D eigenvalue weighted by molar-refractivity contribution is 0.185. The van der Waals surface area contributed by atoms with Crippen molar-refractivity contribution in [3.63, 3.8) is 0 Å². The third kappa shape index (κ3) is 1.45. The summed E-state index contributed by atoms with van der Waals surface area (Å²) in [6.45, 7) is 2.46. The summed E-state index contributed by atoms with van der Waals surface area (Å²) in [6.07, 6.45) is 2.99. The van der Waals surface area contributed by atoms with Crippen LogP contribution in [-0.4, -0.2) is 11.7 Å². The number of aryl methyl sites for hydroxylation is 1. The van der Waals surface area contributed by atoms with Crippen LogP contribution in [0.5, 0.6) is 0 Å². The molecule has 0 amide bonds. The number of benzene rings is 1. The molecule has 0 aliphatic heterocycles. The molecule has 3 N–H and O–H groups in total. The van der Waals surface area contributed by atoms with Gasteiger partial charge in [-0.1, -0.05) is 12.1 Å². The van der Waals surface area contributed by atoms with Crippen molar-refractivity contribution in [1.29, 1.82) is 0 Å². The number of aliphatic hydroxyl groups excluding tert-OH is 1. The number of hydrogen-bond acceptors (Lipinski definition) is 2. The average Bonchev–Trinajstić information content (AvgIpc) is 2.67. The molecule has 0 bridgehead atoms. The second-order valence-corrected chi connectivity index (χ2v) is 4.03. The van der Waals surface area contributed by atoms with Crippen LogP contribution in [0.15, 0.2) is 12.1 Å². The highest BCUT2D eigenvalue weighted by molar-refractivity contribution is 5.44. The maximum Gasteiger partial charge on any atom is 0.0914 e. The van der Waals surface area contributed by atoms with Crippen LogP contribution in [0.4, 0.5) is 0 Å². The van der Waals surface area contributed by atoms with Crippen LogP contribution in [0.2, 0.25) is 0 Å². The van der Waals surface area contributed by atoms with E-state index in [1.54, 1.807) is 0 Å². The summed E-state index contributed by atoms with van der Waals surface area (Å²) >= 11 is 0. The second kappa shape index (κ2) is 3.71. The van der Waals surface area contributed by atoms with Crippen molar-refractivity contribution in [1.82, 2.24) is 0 Å². The summed E-state index contributed by atoms with van der Waals surface area (Å²) in [4.78, 5) is 0. The van der Waals surface area contributed by atoms with Crippen molar-refractivity contribution < 1.29 is 5.11 Å². The Balaban J connectivity index is 2.48. The Morgan fingerprint density at radius 1 is 1.36 bits per heavy atom. The first kappa shape index (κ1) is 9.69. The van der Waals surface area contributed by atoms with Crippen molar-refractivity contribution in [2.45, 2.75) is 32.3 Å². The van der Waals surface area contributed by atoms with Crippen LogP contribution >= 0.6 is 0 Å². The van der Waals surface area contributed by atoms with Gasteiger partial charge >= 0.3 is 0 Å². The van der Waals surface area contributed by atoms with Gasteiger partial charge in [-0.2, -0.15) is 0 Å². The Morgan fingerprint density at radius 2 is 2.07 bits per heavy atom. The van der Waals surface area contributed by atoms with Gasteiger partial charge in [0.2, 0.25) is 0 Å². The van der Waals surface area contributed by atoms with E-state index >= 15 is 0 Å². The highest BCUT2D eigenvalue weighted by atomic mass is 16.3. The molecule has 2 rings (SSSR count). The van der Waals surface area contributed by atoms with Gasteiger partial charge in [-0.05, 0) is 48.4 Å². The average molecular weight is 191 g/mol. The summed E-state index contributed by atoms with van der Waals surface area (Å²) in [5, 5.41) is 9.76. The highest BCUT2D eigenvalue weighted by Gasteiger charge is 2.19. The quantitative estimate of drug-likeness (QED) is 0.743. The van der Waals surface area contributed by atoms with Crippen LogP contribution in [-0.2, 0) is 12.8 Å². The van der Waals surface area contributed by atoms with Crippen LogP contribution in [0.1, 0.15) is 34.8 Å². The van der Waals surface area contributed by atoms with Crippen molar-refractivity contribution in [2.75, 3.05) is 6.54 Å². The molecule has 0 saturated heterocycles. The molecule has 1 unspecified atom stereocenters. The van der Waals surface area contributed by atoms with E-state index in [4.69, 9.17) is 5.73 Å². The van der Waals surface area contributed by atoms with E-state index in [-0.39, 0.29) is 0 Å². The lowest BCUT2D eigenvalue weighted by Crippen LogP contribution is -2.13. The number of hydrogen-bond donors (Lipinski definition) is 2. The smallest absolute Gasteiger partial charge is 0.0914 e. The zero-order valence-electron chi connectivity index (χ0n) is 8.59. The number of aliphatic hydroxyl groups is 1. The van der Waals surface area contributed by atoms with Gasteiger partial charge in [0.15, 0.2) is 0 Å². The summed E-state index contributed by atoms with van der Waals surface area (Å²) in [5.74, 6) is 0. The van der Waals surface area contributed by atoms with E-state index < -0.39 is 6.10 Å². The minimum absolute atomic E-state index is 0.315. The van der Waals surface area contributed by atoms with E-state index in [1.807, 2.05) is 6.07 Å². The molecular weight excluding hydrogens is 174 g/mol. The second-order valence-electron chi connectivity index (χ2n) is 4.03. The van der Waals surface area contributed by atoms with E-state index in [0.29, 0.717) is 6.54 Å². The SMILES string of the molecule is Cc1ccc(C(O)CN)c2c1CCC2. The van der Waals surface area contributed by atoms with E-state index in [1.165, 1.54) is 23.1 Å². The Kier molecular flexibility index (Phi) is 2.57. The van der Waals surface area contributed by atoms with Gasteiger partial charge in [-0.3, -0.25) is 0 Å². The van der Waals surface area contributed by atoms with Crippen LogP contribution in [0.25, 0.3) is 0 Å². The first-order valence-electron chi connectivity index (χ1n) is 5.23. The molecule has 1 atom stereocenters. The van der Waals surface area contributed by atoms with Crippen LogP contribution in [0.3, 0.4) is 0 Å². The monoisotopic (exact) mass is 191 g/mol. The summed E-state index contributed by atoms with van der Waals surface area (Å²) in [7, 11) is 0. The first-order valence-corrected chi connectivity index (χ1v) is 5.23. The molecule has 1 aromatic carbocycles. The molecular formula is C12H17NO. The van der Waals surface area contributed by atoms with Crippen molar-refractivity contribution in [2.24, 2.45) is 5.73 Å². The fourth-order valence-corrected chi connectivity index (χ4v) is 2.35. The van der Waals surface area contributed by atoms with Crippen molar-refractivity contribution in [3.8, 4) is 0 Å². The molecule has 76 valence electrons. The van der Waals surface area contributed by atoms with Gasteiger partial charge in [0.05, 0.1) is 6.10 Å². The maximum absolute atomic E-state index is 9.76. The molecule has 0 radical (unpaired) electrons. The molecule has 0 saturated carbocycles. The molecule has 1 aliphatic rings. The Bertz CT molecular complexity index is 346. The zero-order valence-corrected chi connectivity index (χ0v) is 8.59. The fraction of sp³-hybridized carbons (Fsp3) is 0.500. The van der Waals surface area contributed by atoms with Gasteiger partial charge < -0.3 is 10.8 Å². The number of nitrogens with two attached hydrogens (primary N) is 1. The standard InChI is InChI=1S/C12H17NO/c1-8-5-6-11(12(14)7-13)10-4-2-3-9(8)10/h5-6,12,14H,2-4,7,13H2,1H3. The number of fused-ring (bicyclic) bond motifs is 1. The van der Waals surface area contributed by atoms with E-state index in [2.05, 4.69) is 13.0 Å². The maximum atomic E-state index is 9.76. The lowest BCUT2D eigenvalue weighted by Gasteiger charge is -2.14. The highest BCUT2D eigenvalue weighted by Crippen LogP contribution is 2.31. The van der Waals surface area contributed by atoms with Crippen molar-refractivity contribution >= 4 is 0 Å². The molecule has 14 heavy (non-hydrogen) atoms. The Labute approximate surface area is 84.7 Å². The Hall–Kier alpha value is -0.860. The van der Waals surface area contributed by atoms with Gasteiger partial charge in [0, 0.05) is 6.54 Å². The van der Waals surface area contributed by atoms with Gasteiger partial charge in [0.25, 0.3) is 0 Å². The molecule has 2 nitrogen and oxygen atoms in total. The molecule has 1 aromatic rings. The van der Waals surface area contributed by atoms with Gasteiger partial charge in [0.1, 0.15) is 0 Å². The molecule has 2 heteroatoms. The van der Waals surface area contributed by atoms with Gasteiger partial charge in [-0.15, -0.1) is 0 Å². The predicted molar refractivity (Wildman–Crippen MR) is 57.2 cm³/mol. The van der Waals surface area contributed by atoms with Crippen LogP contribution < -0.4 is 5.73 Å². The lowest BCUT2D eigenvalue weighted by atomic mass is 9.96. The molecule has 0 heterocycles. The molecule has 0 aromatic heterocycles. The van der Waals surface area contributed by atoms with Gasteiger partial charge in [-0.25, -0.2) is 0 Å². The molecule has 0 spiro atoms. The van der Waals surface area contributed by atoms with E-state index in [0.717, 1.165) is 18.4 Å². The minimum Gasteiger partial charge on any atom is -0.387 e. The van der Waals surface area contributed by atoms with E-state index in [9.17, 15) is 5.11 Å². The summed E-state index contributed by atoms with van der Waals surface area (Å²) < 4.78 is 0. The summed E-state index contributed by atoms with van der Waals surface area (Å²) in [5.41, 5.74) is 10.7. The third-order valence-electron chi connectivity index (χ3n) is 3.14. The minimum atomic E-state index is -0.484. The van der Waals surface area contributed by atoms with Crippen LogP contribution in [0, 0.1) is 6.92 Å². The summed E-state index contributed by atoms with van der Waals surface area (Å²) in [6, 6.07) is 4.12. The third-order valence-corrected chi connectivity index (χ3v) is 3.14. The van der Waals surface area contributed by atoms with Crippen molar-refractivity contribution in [3.05, 3.63) is 34.4 Å². The fourth-order valence-electron chi connectivity index (χ4n) is 2.35. The largest absolute Gasteiger partial charge is 0.387 e. The molecule has 0 fully saturated rings. The first-order chi connectivity index (χ1) is 6.74. The normalized spacial score (nSPS) is 16.8. The zero-order chi connectivity index (χ0) is 10.1.